The third-order valence-electron chi connectivity index (χ3n) is 3.47. The Bertz CT molecular complexity index is 1020. The number of carbonyl (C=O) groups excluding carboxylic acids is 1. The van der Waals surface area contributed by atoms with Gasteiger partial charge in [-0.15, -0.1) is 0 Å². The van der Waals surface area contributed by atoms with E-state index in [1.807, 2.05) is 0 Å². The van der Waals surface area contributed by atoms with E-state index in [1.54, 1.807) is 25.1 Å². The molecule has 0 radical (unpaired) electrons. The quantitative estimate of drug-likeness (QED) is 0.657. The molecule has 136 valence electrons. The van der Waals surface area contributed by atoms with Crippen LogP contribution in [0, 0.1) is 6.92 Å². The molecule has 2 heterocycles. The minimum absolute atomic E-state index is 0.0366. The number of anilines is 1. The van der Waals surface area contributed by atoms with Gasteiger partial charge in [0.2, 0.25) is 5.76 Å². The van der Waals surface area contributed by atoms with Gasteiger partial charge in [-0.2, -0.15) is 0 Å². The zero-order valence-corrected chi connectivity index (χ0v) is 14.9. The Balaban J connectivity index is 1.88. The second kappa shape index (κ2) is 7.04. The van der Waals surface area contributed by atoms with E-state index < -0.39 is 16.0 Å². The maximum Gasteiger partial charge on any atom is 0.338 e. The fourth-order valence-electron chi connectivity index (χ4n) is 2.33. The molecule has 3 rings (SSSR count). The lowest BCUT2D eigenvalue weighted by molar-refractivity contribution is 0.0526. The minimum Gasteiger partial charge on any atom is -0.462 e. The minimum atomic E-state index is -3.93. The Labute approximate surface area is 149 Å². The van der Waals surface area contributed by atoms with E-state index in [-0.39, 0.29) is 34.3 Å². The Kier molecular flexibility index (Phi) is 4.81. The van der Waals surface area contributed by atoms with E-state index in [0.717, 1.165) is 0 Å². The van der Waals surface area contributed by atoms with Crippen molar-refractivity contribution in [2.24, 2.45) is 0 Å². The highest BCUT2D eigenvalue weighted by atomic mass is 32.2. The van der Waals surface area contributed by atoms with E-state index in [4.69, 9.17) is 13.7 Å². The summed E-state index contributed by atoms with van der Waals surface area (Å²) < 4.78 is 43.1. The normalized spacial score (nSPS) is 11.3. The molecule has 0 fully saturated rings. The highest BCUT2D eigenvalue weighted by Crippen LogP contribution is 2.29. The number of rotatable bonds is 6. The second-order valence-corrected chi connectivity index (χ2v) is 6.97. The molecule has 0 bridgehead atoms. The lowest BCUT2D eigenvalue weighted by Crippen LogP contribution is -2.14. The van der Waals surface area contributed by atoms with Gasteiger partial charge in [0, 0.05) is 17.8 Å². The van der Waals surface area contributed by atoms with E-state index in [1.165, 1.54) is 31.3 Å². The van der Waals surface area contributed by atoms with Crippen molar-refractivity contribution < 1.29 is 26.9 Å². The number of aromatic nitrogens is 1. The monoisotopic (exact) mass is 376 g/mol. The fraction of sp³-hybridized carbons (Fsp3) is 0.176. The van der Waals surface area contributed by atoms with Gasteiger partial charge >= 0.3 is 5.97 Å². The zero-order valence-electron chi connectivity index (χ0n) is 14.1. The molecule has 3 aromatic rings. The number of benzene rings is 1. The van der Waals surface area contributed by atoms with Crippen LogP contribution in [0.25, 0.3) is 11.5 Å². The summed E-state index contributed by atoms with van der Waals surface area (Å²) in [6, 6.07) is 8.96. The number of sulfonamides is 1. The third-order valence-corrected chi connectivity index (χ3v) is 4.96. The first kappa shape index (κ1) is 17.7. The number of furan rings is 1. The smallest absolute Gasteiger partial charge is 0.338 e. The summed E-state index contributed by atoms with van der Waals surface area (Å²) in [5, 5.41) is 3.56. The molecule has 0 aliphatic carbocycles. The van der Waals surface area contributed by atoms with Crippen LogP contribution in [0.1, 0.15) is 23.0 Å². The van der Waals surface area contributed by atoms with Crippen LogP contribution in [0.5, 0.6) is 0 Å². The van der Waals surface area contributed by atoms with Crippen LogP contribution in [-0.4, -0.2) is 26.2 Å². The van der Waals surface area contributed by atoms with Gasteiger partial charge in [-0.25, -0.2) is 13.2 Å². The molecule has 9 heteroatoms. The molecular formula is C17H16N2O6S. The van der Waals surface area contributed by atoms with E-state index in [9.17, 15) is 13.2 Å². The molecule has 0 saturated carbocycles. The van der Waals surface area contributed by atoms with Crippen LogP contribution in [0.3, 0.4) is 0 Å². The molecule has 2 aromatic heterocycles. The molecule has 0 spiro atoms. The first-order valence-corrected chi connectivity index (χ1v) is 9.20. The van der Waals surface area contributed by atoms with E-state index >= 15 is 0 Å². The van der Waals surface area contributed by atoms with Gasteiger partial charge in [0.25, 0.3) is 10.0 Å². The molecule has 0 unspecified atom stereocenters. The number of esters is 1. The standard InChI is InChI=1S/C17H16N2O6S/c1-3-23-17(20)12-5-4-6-13(9-12)19-26(21,22)16-10-15(24-11(16)2)14-7-8-18-25-14/h4-10,19H,3H2,1-2H3. The predicted octanol–water partition coefficient (Wildman–Crippen LogP) is 3.22. The first-order chi connectivity index (χ1) is 12.4. The molecular weight excluding hydrogens is 360 g/mol. The molecule has 0 aliphatic heterocycles. The summed E-state index contributed by atoms with van der Waals surface area (Å²) in [5.41, 5.74) is 0.482. The van der Waals surface area contributed by atoms with Crippen LogP contribution in [0.15, 0.2) is 56.4 Å². The molecule has 1 N–H and O–H groups in total. The Morgan fingerprint density at radius 2 is 2.04 bits per heavy atom. The molecule has 26 heavy (non-hydrogen) atoms. The zero-order chi connectivity index (χ0) is 18.7. The summed E-state index contributed by atoms with van der Waals surface area (Å²) in [7, 11) is -3.93. The number of nitrogens with zero attached hydrogens (tertiary/aromatic N) is 1. The number of carbonyl (C=O) groups is 1. The number of aryl methyl sites for hydroxylation is 1. The summed E-state index contributed by atoms with van der Waals surface area (Å²) in [6.07, 6.45) is 1.43. The maximum absolute atomic E-state index is 12.7. The highest BCUT2D eigenvalue weighted by molar-refractivity contribution is 7.92. The van der Waals surface area contributed by atoms with Crippen molar-refractivity contribution in [3.63, 3.8) is 0 Å². The number of hydrogen-bond acceptors (Lipinski definition) is 7. The van der Waals surface area contributed by atoms with Gasteiger partial charge in [-0.1, -0.05) is 11.2 Å². The van der Waals surface area contributed by atoms with Crippen LogP contribution in [0.2, 0.25) is 0 Å². The average molecular weight is 376 g/mol. The molecule has 0 saturated heterocycles. The SMILES string of the molecule is CCOC(=O)c1cccc(NS(=O)(=O)c2cc(-c3ccno3)oc2C)c1. The van der Waals surface area contributed by atoms with Gasteiger partial charge in [-0.3, -0.25) is 4.72 Å². The van der Waals surface area contributed by atoms with Gasteiger partial charge in [0.05, 0.1) is 18.4 Å². The Morgan fingerprint density at radius 1 is 1.23 bits per heavy atom. The Hall–Kier alpha value is -3.07. The van der Waals surface area contributed by atoms with Crippen molar-refractivity contribution in [1.82, 2.24) is 5.16 Å². The molecule has 0 atom stereocenters. The lowest BCUT2D eigenvalue weighted by Gasteiger charge is -2.08. The van der Waals surface area contributed by atoms with E-state index in [2.05, 4.69) is 9.88 Å². The molecule has 0 aliphatic rings. The largest absolute Gasteiger partial charge is 0.462 e. The highest BCUT2D eigenvalue weighted by Gasteiger charge is 2.23. The molecule has 0 amide bonds. The predicted molar refractivity (Wildman–Crippen MR) is 92.1 cm³/mol. The van der Waals surface area contributed by atoms with Gasteiger partial charge in [0.1, 0.15) is 10.7 Å². The third kappa shape index (κ3) is 3.62. The summed E-state index contributed by atoms with van der Waals surface area (Å²) in [5.74, 6) is 0.241. The van der Waals surface area contributed by atoms with Crippen molar-refractivity contribution in [3.8, 4) is 11.5 Å². The van der Waals surface area contributed by atoms with Crippen molar-refractivity contribution in [2.45, 2.75) is 18.7 Å². The van der Waals surface area contributed by atoms with Crippen LogP contribution in [-0.2, 0) is 14.8 Å². The van der Waals surface area contributed by atoms with Crippen molar-refractivity contribution in [1.29, 1.82) is 0 Å². The lowest BCUT2D eigenvalue weighted by atomic mass is 10.2. The number of ether oxygens (including phenoxy) is 1. The topological polar surface area (TPSA) is 112 Å². The van der Waals surface area contributed by atoms with Crippen molar-refractivity contribution in [2.75, 3.05) is 11.3 Å². The molecule has 1 aromatic carbocycles. The number of nitrogens with one attached hydrogen (secondary N) is 1. The Morgan fingerprint density at radius 3 is 2.73 bits per heavy atom. The average Bonchev–Trinajstić information content (AvgIpc) is 3.24. The van der Waals surface area contributed by atoms with Crippen LogP contribution in [0.4, 0.5) is 5.69 Å². The van der Waals surface area contributed by atoms with E-state index in [0.29, 0.717) is 5.76 Å². The second-order valence-electron chi connectivity index (χ2n) is 5.31. The van der Waals surface area contributed by atoms with Crippen LogP contribution < -0.4 is 4.72 Å². The summed E-state index contributed by atoms with van der Waals surface area (Å²) in [4.78, 5) is 11.8. The van der Waals surface area contributed by atoms with Crippen molar-refractivity contribution >= 4 is 21.7 Å². The van der Waals surface area contributed by atoms with Crippen LogP contribution >= 0.6 is 0 Å². The van der Waals surface area contributed by atoms with Gasteiger partial charge in [-0.05, 0) is 32.0 Å². The molecule has 8 nitrogen and oxygen atoms in total. The maximum atomic E-state index is 12.7. The number of hydrogen-bond donors (Lipinski definition) is 1. The fourth-order valence-corrected chi connectivity index (χ4v) is 3.56. The summed E-state index contributed by atoms with van der Waals surface area (Å²) >= 11 is 0. The first-order valence-electron chi connectivity index (χ1n) is 7.72. The van der Waals surface area contributed by atoms with Gasteiger partial charge in [0.15, 0.2) is 5.76 Å². The van der Waals surface area contributed by atoms with Crippen molar-refractivity contribution in [3.05, 3.63) is 53.9 Å². The summed E-state index contributed by atoms with van der Waals surface area (Å²) in [6.45, 7) is 3.45. The van der Waals surface area contributed by atoms with Gasteiger partial charge < -0.3 is 13.7 Å².